The Balaban J connectivity index is 2.68. The Morgan fingerprint density at radius 2 is 1.83 bits per heavy atom. The number of carbonyl (C=O) groups excluding carboxylic acids is 1. The summed E-state index contributed by atoms with van der Waals surface area (Å²) in [7, 11) is 0. The van der Waals surface area contributed by atoms with Gasteiger partial charge in [-0.25, -0.2) is 0 Å². The van der Waals surface area contributed by atoms with Gasteiger partial charge in [0, 0.05) is 18.6 Å². The van der Waals surface area contributed by atoms with Crippen LogP contribution in [-0.4, -0.2) is 36.0 Å². The summed E-state index contributed by atoms with van der Waals surface area (Å²) in [6.45, 7) is 9.33. The fourth-order valence-electron chi connectivity index (χ4n) is 2.82. The van der Waals surface area contributed by atoms with Crippen LogP contribution in [0.5, 0.6) is 0 Å². The molecule has 0 atom stereocenters. The summed E-state index contributed by atoms with van der Waals surface area (Å²) in [6, 6.07) is 0. The minimum Gasteiger partial charge on any atom is -0.355 e. The molecule has 1 amide bonds. The minimum absolute atomic E-state index is 0.201. The van der Waals surface area contributed by atoms with E-state index in [1.54, 1.807) is 0 Å². The average molecular weight is 254 g/mol. The lowest BCUT2D eigenvalue weighted by Gasteiger charge is -2.41. The average Bonchev–Trinajstić information content (AvgIpc) is 2.59. The first-order chi connectivity index (χ1) is 8.62. The first kappa shape index (κ1) is 15.5. The third kappa shape index (κ3) is 4.60. The molecule has 1 fully saturated rings. The van der Waals surface area contributed by atoms with Gasteiger partial charge in [-0.15, -0.1) is 0 Å². The zero-order valence-electron chi connectivity index (χ0n) is 12.4. The largest absolute Gasteiger partial charge is 0.355 e. The molecule has 18 heavy (non-hydrogen) atoms. The van der Waals surface area contributed by atoms with Crippen LogP contribution in [-0.2, 0) is 4.79 Å². The molecule has 1 rings (SSSR count). The monoisotopic (exact) mass is 254 g/mol. The van der Waals surface area contributed by atoms with Gasteiger partial charge in [-0.05, 0) is 26.2 Å². The molecule has 0 aromatic rings. The number of carbonyl (C=O) groups is 1. The quantitative estimate of drug-likeness (QED) is 0.757. The number of amides is 1. The lowest BCUT2D eigenvalue weighted by molar-refractivity contribution is -0.123. The van der Waals surface area contributed by atoms with E-state index in [1.807, 2.05) is 0 Å². The molecule has 0 radical (unpaired) electrons. The summed E-state index contributed by atoms with van der Waals surface area (Å²) in [5.74, 6) is 0.201. The van der Waals surface area contributed by atoms with Crippen LogP contribution in [0, 0.1) is 0 Å². The zero-order chi connectivity index (χ0) is 13.4. The predicted octanol–water partition coefficient (Wildman–Crippen LogP) is 2.95. The second-order valence-electron chi connectivity index (χ2n) is 5.83. The predicted molar refractivity (Wildman–Crippen MR) is 76.7 cm³/mol. The number of nitrogens with one attached hydrogen (secondary N) is 1. The molecule has 1 N–H and O–H groups in total. The molecule has 3 nitrogen and oxygen atoms in total. The third-order valence-electron chi connectivity index (χ3n) is 4.16. The molecule has 1 saturated heterocycles. The Labute approximate surface area is 112 Å². The number of hydrogen-bond acceptors (Lipinski definition) is 2. The number of rotatable bonds is 7. The molecular weight excluding hydrogens is 224 g/mol. The highest BCUT2D eigenvalue weighted by Gasteiger charge is 2.32. The van der Waals surface area contributed by atoms with E-state index in [1.165, 1.54) is 38.5 Å². The summed E-state index contributed by atoms with van der Waals surface area (Å²) < 4.78 is 0. The van der Waals surface area contributed by atoms with Gasteiger partial charge in [-0.2, -0.15) is 0 Å². The van der Waals surface area contributed by atoms with Gasteiger partial charge in [0.1, 0.15) is 0 Å². The minimum atomic E-state index is 0.201. The molecule has 0 saturated carbocycles. The smallest absolute Gasteiger partial charge is 0.234 e. The molecule has 0 aliphatic carbocycles. The van der Waals surface area contributed by atoms with Crippen LogP contribution in [0.25, 0.3) is 0 Å². The highest BCUT2D eigenvalue weighted by atomic mass is 16.2. The van der Waals surface area contributed by atoms with Gasteiger partial charge in [0.2, 0.25) is 5.91 Å². The number of nitrogens with zero attached hydrogens (tertiary/aromatic N) is 1. The van der Waals surface area contributed by atoms with Crippen LogP contribution in [0.1, 0.15) is 65.7 Å². The van der Waals surface area contributed by atoms with Crippen molar-refractivity contribution in [2.75, 3.05) is 19.6 Å². The van der Waals surface area contributed by atoms with Crippen LogP contribution < -0.4 is 5.32 Å². The topological polar surface area (TPSA) is 32.3 Å². The molecule has 0 aromatic heterocycles. The van der Waals surface area contributed by atoms with Crippen molar-refractivity contribution in [1.82, 2.24) is 10.2 Å². The van der Waals surface area contributed by atoms with Gasteiger partial charge in [-0.1, -0.05) is 39.5 Å². The van der Waals surface area contributed by atoms with E-state index in [2.05, 4.69) is 31.0 Å². The molecule has 0 spiro atoms. The Bertz CT molecular complexity index is 245. The van der Waals surface area contributed by atoms with E-state index in [0.717, 1.165) is 19.5 Å². The van der Waals surface area contributed by atoms with Gasteiger partial charge in [0.15, 0.2) is 0 Å². The maximum Gasteiger partial charge on any atom is 0.234 e. The summed E-state index contributed by atoms with van der Waals surface area (Å²) in [5, 5.41) is 2.98. The summed E-state index contributed by atoms with van der Waals surface area (Å²) in [5.41, 5.74) is 0.216. The summed E-state index contributed by atoms with van der Waals surface area (Å²) in [6.07, 6.45) is 8.52. The van der Waals surface area contributed by atoms with Gasteiger partial charge in [0.05, 0.1) is 6.54 Å². The molecule has 0 unspecified atom stereocenters. The third-order valence-corrected chi connectivity index (χ3v) is 4.16. The fraction of sp³-hybridized carbons (Fsp3) is 0.933. The second-order valence-corrected chi connectivity index (χ2v) is 5.83. The Morgan fingerprint density at radius 3 is 2.39 bits per heavy atom. The number of unbranched alkanes of at least 4 members (excludes halogenated alkanes) is 2. The maximum absolute atomic E-state index is 11.7. The van der Waals surface area contributed by atoms with Crippen molar-refractivity contribution in [1.29, 1.82) is 0 Å². The molecule has 1 aliphatic heterocycles. The Morgan fingerprint density at radius 1 is 1.22 bits per heavy atom. The molecule has 0 aromatic carbocycles. The van der Waals surface area contributed by atoms with E-state index in [-0.39, 0.29) is 11.4 Å². The van der Waals surface area contributed by atoms with E-state index in [0.29, 0.717) is 6.54 Å². The van der Waals surface area contributed by atoms with Crippen LogP contribution in [0.4, 0.5) is 0 Å². The highest BCUT2D eigenvalue weighted by Crippen LogP contribution is 2.28. The molecule has 3 heteroatoms. The first-order valence-electron chi connectivity index (χ1n) is 7.64. The van der Waals surface area contributed by atoms with Crippen LogP contribution in [0.15, 0.2) is 0 Å². The van der Waals surface area contributed by atoms with Gasteiger partial charge in [0.25, 0.3) is 0 Å². The molecule has 106 valence electrons. The maximum atomic E-state index is 11.7. The molecule has 1 heterocycles. The van der Waals surface area contributed by atoms with Crippen molar-refractivity contribution in [3.05, 3.63) is 0 Å². The van der Waals surface area contributed by atoms with Crippen molar-refractivity contribution in [3.63, 3.8) is 0 Å². The fourth-order valence-corrected chi connectivity index (χ4v) is 2.82. The van der Waals surface area contributed by atoms with E-state index in [9.17, 15) is 4.79 Å². The molecule has 0 bridgehead atoms. The van der Waals surface area contributed by atoms with Crippen LogP contribution >= 0.6 is 0 Å². The SMILES string of the molecule is CCCCC(C)(CCCC)N1CCCNC(=O)C1. The summed E-state index contributed by atoms with van der Waals surface area (Å²) >= 11 is 0. The summed E-state index contributed by atoms with van der Waals surface area (Å²) in [4.78, 5) is 14.2. The highest BCUT2D eigenvalue weighted by molar-refractivity contribution is 5.78. The Kier molecular flexibility index (Phi) is 6.69. The second kappa shape index (κ2) is 7.78. The van der Waals surface area contributed by atoms with Gasteiger partial charge >= 0.3 is 0 Å². The van der Waals surface area contributed by atoms with E-state index >= 15 is 0 Å². The molecule has 1 aliphatic rings. The standard InChI is InChI=1S/C15H30N2O/c1-4-6-9-15(3,10-7-5-2)17-12-8-11-16-14(18)13-17/h4-13H2,1-3H3,(H,16,18). The lowest BCUT2D eigenvalue weighted by atomic mass is 9.87. The van der Waals surface area contributed by atoms with Crippen LogP contribution in [0.3, 0.4) is 0 Å². The molecular formula is C15H30N2O. The van der Waals surface area contributed by atoms with Crippen molar-refractivity contribution in [2.24, 2.45) is 0 Å². The van der Waals surface area contributed by atoms with Gasteiger partial charge < -0.3 is 5.32 Å². The van der Waals surface area contributed by atoms with Crippen LogP contribution in [0.2, 0.25) is 0 Å². The Hall–Kier alpha value is -0.570. The van der Waals surface area contributed by atoms with Gasteiger partial charge in [-0.3, -0.25) is 9.69 Å². The van der Waals surface area contributed by atoms with E-state index in [4.69, 9.17) is 0 Å². The lowest BCUT2D eigenvalue weighted by Crippen LogP contribution is -2.49. The van der Waals surface area contributed by atoms with Crippen molar-refractivity contribution < 1.29 is 4.79 Å². The normalized spacial score (nSPS) is 18.5. The van der Waals surface area contributed by atoms with Crippen molar-refractivity contribution >= 4 is 5.91 Å². The van der Waals surface area contributed by atoms with Crippen molar-refractivity contribution in [2.45, 2.75) is 71.3 Å². The first-order valence-corrected chi connectivity index (χ1v) is 7.64. The van der Waals surface area contributed by atoms with Crippen molar-refractivity contribution in [3.8, 4) is 0 Å². The van der Waals surface area contributed by atoms with E-state index < -0.39 is 0 Å². The zero-order valence-corrected chi connectivity index (χ0v) is 12.4. The number of hydrogen-bond donors (Lipinski definition) is 1.